The molecule has 0 aromatic heterocycles. The summed E-state index contributed by atoms with van der Waals surface area (Å²) < 4.78 is 6.66. The second-order valence-corrected chi connectivity index (χ2v) is 4.76. The van der Waals surface area contributed by atoms with E-state index in [0.29, 0.717) is 0 Å². The highest BCUT2D eigenvalue weighted by molar-refractivity contribution is 9.11. The standard InChI is InChI=1S/C10H11Br2NO2/c1-6(15-2)10(14)13-9-5-7(11)3-4-8(9)12/h3-6H,1-2H3,(H,13,14). The average Bonchev–Trinajstić information content (AvgIpc) is 2.22. The molecule has 0 spiro atoms. The molecule has 3 nitrogen and oxygen atoms in total. The van der Waals surface area contributed by atoms with Crippen LogP contribution in [0.4, 0.5) is 5.69 Å². The van der Waals surface area contributed by atoms with Crippen molar-refractivity contribution in [2.75, 3.05) is 12.4 Å². The van der Waals surface area contributed by atoms with Crippen molar-refractivity contribution in [1.29, 1.82) is 0 Å². The molecule has 15 heavy (non-hydrogen) atoms. The maximum atomic E-state index is 11.5. The lowest BCUT2D eigenvalue weighted by Crippen LogP contribution is -2.26. The Morgan fingerprint density at radius 2 is 2.13 bits per heavy atom. The molecule has 0 heterocycles. The lowest BCUT2D eigenvalue weighted by Gasteiger charge is -2.11. The van der Waals surface area contributed by atoms with E-state index in [1.807, 2.05) is 18.2 Å². The van der Waals surface area contributed by atoms with Crippen molar-refractivity contribution >= 4 is 43.5 Å². The maximum absolute atomic E-state index is 11.5. The molecule has 0 fully saturated rings. The first-order chi connectivity index (χ1) is 7.04. The van der Waals surface area contributed by atoms with Crippen molar-refractivity contribution in [1.82, 2.24) is 0 Å². The third-order valence-electron chi connectivity index (χ3n) is 1.91. The average molecular weight is 337 g/mol. The first kappa shape index (κ1) is 12.7. The van der Waals surface area contributed by atoms with Crippen molar-refractivity contribution in [3.8, 4) is 0 Å². The lowest BCUT2D eigenvalue weighted by atomic mass is 10.3. The molecule has 0 saturated carbocycles. The van der Waals surface area contributed by atoms with Gasteiger partial charge in [0.05, 0.1) is 5.69 Å². The van der Waals surface area contributed by atoms with Gasteiger partial charge in [-0.2, -0.15) is 0 Å². The van der Waals surface area contributed by atoms with Gasteiger partial charge in [-0.05, 0) is 41.1 Å². The van der Waals surface area contributed by atoms with Gasteiger partial charge in [0, 0.05) is 16.1 Å². The monoisotopic (exact) mass is 335 g/mol. The highest BCUT2D eigenvalue weighted by atomic mass is 79.9. The van der Waals surface area contributed by atoms with Crippen molar-refractivity contribution in [3.63, 3.8) is 0 Å². The molecule has 0 aliphatic carbocycles. The number of ether oxygens (including phenoxy) is 1. The van der Waals surface area contributed by atoms with Gasteiger partial charge in [-0.15, -0.1) is 0 Å². The van der Waals surface area contributed by atoms with Crippen LogP contribution in [0.15, 0.2) is 27.1 Å². The second-order valence-electron chi connectivity index (χ2n) is 2.99. The number of methoxy groups -OCH3 is 1. The Labute approximate surface area is 105 Å². The third kappa shape index (κ3) is 3.59. The van der Waals surface area contributed by atoms with E-state index in [1.165, 1.54) is 7.11 Å². The summed E-state index contributed by atoms with van der Waals surface area (Å²) >= 11 is 6.69. The summed E-state index contributed by atoms with van der Waals surface area (Å²) in [5.74, 6) is -0.170. The Kier molecular flexibility index (Phi) is 4.76. The van der Waals surface area contributed by atoms with Crippen molar-refractivity contribution in [2.24, 2.45) is 0 Å². The first-order valence-electron chi connectivity index (χ1n) is 4.33. The normalized spacial score (nSPS) is 12.3. The number of amides is 1. The molecule has 1 aromatic carbocycles. The number of carbonyl (C=O) groups excluding carboxylic acids is 1. The minimum atomic E-state index is -0.462. The van der Waals surface area contributed by atoms with E-state index >= 15 is 0 Å². The summed E-state index contributed by atoms with van der Waals surface area (Å²) in [5, 5.41) is 2.76. The molecule has 0 aliphatic rings. The van der Waals surface area contributed by atoms with E-state index in [2.05, 4.69) is 37.2 Å². The van der Waals surface area contributed by atoms with E-state index in [4.69, 9.17) is 4.74 Å². The van der Waals surface area contributed by atoms with Crippen LogP contribution < -0.4 is 5.32 Å². The van der Waals surface area contributed by atoms with Crippen LogP contribution in [0.5, 0.6) is 0 Å². The number of halogens is 2. The molecular formula is C10H11Br2NO2. The predicted molar refractivity (Wildman–Crippen MR) is 66.9 cm³/mol. The number of hydrogen-bond donors (Lipinski definition) is 1. The van der Waals surface area contributed by atoms with Gasteiger partial charge in [-0.25, -0.2) is 0 Å². The van der Waals surface area contributed by atoms with Crippen LogP contribution in [0.1, 0.15) is 6.92 Å². The molecule has 1 amide bonds. The van der Waals surface area contributed by atoms with Gasteiger partial charge < -0.3 is 10.1 Å². The van der Waals surface area contributed by atoms with Crippen LogP contribution in [-0.2, 0) is 9.53 Å². The van der Waals surface area contributed by atoms with Crippen molar-refractivity contribution in [3.05, 3.63) is 27.1 Å². The Bertz CT molecular complexity index is 368. The Morgan fingerprint density at radius 3 is 2.73 bits per heavy atom. The molecule has 0 bridgehead atoms. The van der Waals surface area contributed by atoms with Gasteiger partial charge in [-0.3, -0.25) is 4.79 Å². The minimum absolute atomic E-state index is 0.170. The Morgan fingerprint density at radius 1 is 1.47 bits per heavy atom. The molecular weight excluding hydrogens is 326 g/mol. The van der Waals surface area contributed by atoms with Gasteiger partial charge in [0.2, 0.25) is 0 Å². The van der Waals surface area contributed by atoms with E-state index in [-0.39, 0.29) is 5.91 Å². The summed E-state index contributed by atoms with van der Waals surface area (Å²) in [4.78, 5) is 11.5. The highest BCUT2D eigenvalue weighted by Gasteiger charge is 2.12. The Balaban J connectivity index is 2.80. The van der Waals surface area contributed by atoms with Crippen LogP contribution in [0, 0.1) is 0 Å². The molecule has 0 saturated heterocycles. The summed E-state index contributed by atoms with van der Waals surface area (Å²) in [6.45, 7) is 1.70. The third-order valence-corrected chi connectivity index (χ3v) is 3.09. The second kappa shape index (κ2) is 5.63. The smallest absolute Gasteiger partial charge is 0.253 e. The lowest BCUT2D eigenvalue weighted by molar-refractivity contribution is -0.124. The molecule has 1 rings (SSSR count). The van der Waals surface area contributed by atoms with E-state index in [1.54, 1.807) is 6.92 Å². The van der Waals surface area contributed by atoms with Gasteiger partial charge in [-0.1, -0.05) is 15.9 Å². The zero-order chi connectivity index (χ0) is 11.4. The number of anilines is 1. The number of rotatable bonds is 3. The summed E-state index contributed by atoms with van der Waals surface area (Å²) in [6, 6.07) is 5.57. The fourth-order valence-electron chi connectivity index (χ4n) is 0.935. The first-order valence-corrected chi connectivity index (χ1v) is 5.92. The van der Waals surface area contributed by atoms with Gasteiger partial charge in [0.15, 0.2) is 0 Å². The van der Waals surface area contributed by atoms with E-state index < -0.39 is 6.10 Å². The predicted octanol–water partition coefficient (Wildman–Crippen LogP) is 3.19. The highest BCUT2D eigenvalue weighted by Crippen LogP contribution is 2.26. The van der Waals surface area contributed by atoms with Crippen molar-refractivity contribution < 1.29 is 9.53 Å². The molecule has 5 heteroatoms. The van der Waals surface area contributed by atoms with Crippen LogP contribution in [-0.4, -0.2) is 19.1 Å². The summed E-state index contributed by atoms with van der Waals surface area (Å²) in [5.41, 5.74) is 0.721. The molecule has 1 aromatic rings. The fraction of sp³-hybridized carbons (Fsp3) is 0.300. The molecule has 1 N–H and O–H groups in total. The molecule has 1 atom stereocenters. The Hall–Kier alpha value is -0.390. The number of nitrogens with one attached hydrogen (secondary N) is 1. The van der Waals surface area contributed by atoms with Gasteiger partial charge >= 0.3 is 0 Å². The number of benzene rings is 1. The van der Waals surface area contributed by atoms with Gasteiger partial charge in [0.1, 0.15) is 6.10 Å². The minimum Gasteiger partial charge on any atom is -0.372 e. The fourth-order valence-corrected chi connectivity index (χ4v) is 1.64. The quantitative estimate of drug-likeness (QED) is 0.920. The van der Waals surface area contributed by atoms with Crippen LogP contribution >= 0.6 is 31.9 Å². The zero-order valence-electron chi connectivity index (χ0n) is 8.38. The maximum Gasteiger partial charge on any atom is 0.253 e. The topological polar surface area (TPSA) is 38.3 Å². The number of hydrogen-bond acceptors (Lipinski definition) is 2. The van der Waals surface area contributed by atoms with E-state index in [0.717, 1.165) is 14.6 Å². The zero-order valence-corrected chi connectivity index (χ0v) is 11.6. The van der Waals surface area contributed by atoms with Gasteiger partial charge in [0.25, 0.3) is 5.91 Å². The number of carbonyl (C=O) groups is 1. The molecule has 1 unspecified atom stereocenters. The van der Waals surface area contributed by atoms with Crippen LogP contribution in [0.3, 0.4) is 0 Å². The van der Waals surface area contributed by atoms with Crippen LogP contribution in [0.25, 0.3) is 0 Å². The molecule has 82 valence electrons. The SMILES string of the molecule is COC(C)C(=O)Nc1cc(Br)ccc1Br. The largest absolute Gasteiger partial charge is 0.372 e. The summed E-state index contributed by atoms with van der Waals surface area (Å²) in [6.07, 6.45) is -0.462. The van der Waals surface area contributed by atoms with Crippen molar-refractivity contribution in [2.45, 2.75) is 13.0 Å². The summed E-state index contributed by atoms with van der Waals surface area (Å²) in [7, 11) is 1.50. The molecule has 0 aliphatic heterocycles. The molecule has 0 radical (unpaired) electrons. The van der Waals surface area contributed by atoms with Crippen LogP contribution in [0.2, 0.25) is 0 Å². The van der Waals surface area contributed by atoms with E-state index in [9.17, 15) is 4.79 Å².